The Morgan fingerprint density at radius 1 is 1.46 bits per heavy atom. The topological polar surface area (TPSA) is 177 Å². The van der Waals surface area contributed by atoms with Crippen molar-refractivity contribution in [2.24, 2.45) is 0 Å². The van der Waals surface area contributed by atoms with Gasteiger partial charge in [0.25, 0.3) is 0 Å². The summed E-state index contributed by atoms with van der Waals surface area (Å²) < 4.78 is 11.6. The highest BCUT2D eigenvalue weighted by molar-refractivity contribution is 6.18. The van der Waals surface area contributed by atoms with Crippen LogP contribution in [0, 0.1) is 17.0 Å². The molecule has 146 valence electrons. The molecule has 0 bridgehead atoms. The number of carbonyl (C=O) groups is 1. The normalized spacial score (nSPS) is 30.1. The molecule has 0 spiro atoms. The Hall–Kier alpha value is -1.83. The second kappa shape index (κ2) is 8.24. The van der Waals surface area contributed by atoms with Gasteiger partial charge in [-0.1, -0.05) is 0 Å². The molecule has 12 nitrogen and oxygen atoms in total. The molecule has 0 saturated carbocycles. The Bertz CT molecular complexity index is 669. The molecule has 0 amide bonds. The number of aromatic nitrogens is 2. The zero-order valence-electron chi connectivity index (χ0n) is 13.5. The zero-order valence-corrected chi connectivity index (χ0v) is 14.3. The Morgan fingerprint density at radius 3 is 2.65 bits per heavy atom. The number of halogens is 1. The number of carboxylic acid groups (broad SMARTS) is 1. The Labute approximate surface area is 151 Å². The number of hydrogen-bond acceptors (Lipinski definition) is 9. The maximum Gasteiger partial charge on any atom is 0.342 e. The number of ether oxygens (including phenoxy) is 2. The van der Waals surface area contributed by atoms with Gasteiger partial charge in [-0.05, 0) is 4.92 Å². The molecule has 2 heterocycles. The summed E-state index contributed by atoms with van der Waals surface area (Å²) in [5.74, 6) is -1.72. The summed E-state index contributed by atoms with van der Waals surface area (Å²) in [6, 6.07) is 0. The number of rotatable bonds is 7. The van der Waals surface area contributed by atoms with Gasteiger partial charge in [-0.2, -0.15) is 0 Å². The van der Waals surface area contributed by atoms with Gasteiger partial charge in [0.1, 0.15) is 37.2 Å². The summed E-state index contributed by atoms with van der Waals surface area (Å²) in [6.45, 7) is 1.40. The molecule has 2 rings (SSSR count). The van der Waals surface area contributed by atoms with Gasteiger partial charge in [0.05, 0.1) is 5.88 Å². The first-order valence-electron chi connectivity index (χ1n) is 7.47. The van der Waals surface area contributed by atoms with Crippen LogP contribution in [0.1, 0.15) is 5.82 Å². The van der Waals surface area contributed by atoms with Crippen molar-refractivity contribution in [2.45, 2.75) is 50.3 Å². The van der Waals surface area contributed by atoms with Gasteiger partial charge < -0.3 is 40.0 Å². The van der Waals surface area contributed by atoms with Crippen molar-refractivity contribution < 1.29 is 39.6 Å². The molecule has 1 aliphatic heterocycles. The van der Waals surface area contributed by atoms with Crippen LogP contribution in [-0.2, 0) is 20.8 Å². The van der Waals surface area contributed by atoms with E-state index in [2.05, 4.69) is 4.98 Å². The molecule has 13 heteroatoms. The number of aliphatic carboxylic acids is 1. The third-order valence-corrected chi connectivity index (χ3v) is 4.26. The van der Waals surface area contributed by atoms with Gasteiger partial charge in [-0.3, -0.25) is 0 Å². The fraction of sp³-hybridized carbons (Fsp3) is 0.692. The molecule has 1 aliphatic rings. The highest BCUT2D eigenvalue weighted by atomic mass is 35.5. The van der Waals surface area contributed by atoms with E-state index in [-0.39, 0.29) is 18.2 Å². The van der Waals surface area contributed by atoms with Crippen molar-refractivity contribution in [3.63, 3.8) is 0 Å². The molecule has 26 heavy (non-hydrogen) atoms. The van der Waals surface area contributed by atoms with Crippen LogP contribution in [-0.4, -0.2) is 83.6 Å². The van der Waals surface area contributed by atoms with E-state index in [0.717, 1.165) is 6.20 Å². The number of hydrogen-bond donors (Lipinski definition) is 4. The molecule has 1 saturated heterocycles. The first kappa shape index (κ1) is 20.5. The average Bonchev–Trinajstić information content (AvgIpc) is 2.94. The van der Waals surface area contributed by atoms with Crippen molar-refractivity contribution >= 4 is 23.4 Å². The molecule has 6 atom stereocenters. The van der Waals surface area contributed by atoms with E-state index in [4.69, 9.17) is 26.2 Å². The quantitative estimate of drug-likeness (QED) is 0.244. The molecular weight excluding hydrogens is 378 g/mol. The predicted molar refractivity (Wildman–Crippen MR) is 83.5 cm³/mol. The Morgan fingerprint density at radius 2 is 2.12 bits per heavy atom. The van der Waals surface area contributed by atoms with E-state index >= 15 is 0 Å². The molecule has 1 fully saturated rings. The number of aryl methyl sites for hydroxylation is 1. The van der Waals surface area contributed by atoms with Gasteiger partial charge >= 0.3 is 11.8 Å². The minimum atomic E-state index is -1.85. The number of carboxylic acids is 1. The van der Waals surface area contributed by atoms with Crippen molar-refractivity contribution in [3.8, 4) is 0 Å². The minimum Gasteiger partial charge on any atom is -0.479 e. The SMILES string of the molecule is Cc1ncc([N+](=O)[O-])n1C[C@H](CCl)O[C@@H]1O[C@H](C(=O)O)[C@@H](O)[C@H](O)[C@H]1O. The molecule has 4 N–H and O–H groups in total. The smallest absolute Gasteiger partial charge is 0.342 e. The monoisotopic (exact) mass is 395 g/mol. The van der Waals surface area contributed by atoms with Crippen molar-refractivity contribution in [1.29, 1.82) is 0 Å². The maximum absolute atomic E-state index is 11.1. The van der Waals surface area contributed by atoms with Crippen molar-refractivity contribution in [1.82, 2.24) is 9.55 Å². The standard InChI is InChI=1S/C13H18ClN3O9/c1-5-15-3-7(17(23)24)16(5)4-6(2-14)25-13-10(20)8(18)9(19)11(26-13)12(21)22/h3,6,8-11,13,18-20H,2,4H2,1H3,(H,21,22)/t6-,8-,9-,10+,11-,13+/m0/s1. The number of nitro groups is 1. The lowest BCUT2D eigenvalue weighted by atomic mass is 9.99. The summed E-state index contributed by atoms with van der Waals surface area (Å²) in [5.41, 5.74) is 0. The molecular formula is C13H18ClN3O9. The fourth-order valence-electron chi connectivity index (χ4n) is 2.51. The van der Waals surface area contributed by atoms with Crippen molar-refractivity contribution in [2.75, 3.05) is 5.88 Å². The highest BCUT2D eigenvalue weighted by Crippen LogP contribution is 2.24. The molecule has 1 aromatic heterocycles. The lowest BCUT2D eigenvalue weighted by molar-refractivity contribution is -0.392. The number of nitrogens with zero attached hydrogens (tertiary/aromatic N) is 3. The van der Waals surface area contributed by atoms with Crippen LogP contribution in [0.4, 0.5) is 5.82 Å². The van der Waals surface area contributed by atoms with Crippen LogP contribution in [0.5, 0.6) is 0 Å². The van der Waals surface area contributed by atoms with E-state index in [9.17, 15) is 30.2 Å². The lowest BCUT2D eigenvalue weighted by Gasteiger charge is -2.39. The maximum atomic E-state index is 11.1. The van der Waals surface area contributed by atoms with Crippen LogP contribution in [0.2, 0.25) is 0 Å². The van der Waals surface area contributed by atoms with Crippen LogP contribution >= 0.6 is 11.6 Å². The van der Waals surface area contributed by atoms with Gasteiger partial charge in [-0.15, -0.1) is 11.6 Å². The fourth-order valence-corrected chi connectivity index (χ4v) is 2.68. The first-order valence-corrected chi connectivity index (χ1v) is 8.01. The highest BCUT2D eigenvalue weighted by Gasteiger charge is 2.48. The summed E-state index contributed by atoms with van der Waals surface area (Å²) in [6.07, 6.45) is -8.73. The number of alkyl halides is 1. The summed E-state index contributed by atoms with van der Waals surface area (Å²) in [5, 5.41) is 49.4. The Balaban J connectivity index is 2.15. The summed E-state index contributed by atoms with van der Waals surface area (Å²) >= 11 is 5.81. The molecule has 0 aliphatic carbocycles. The van der Waals surface area contributed by atoms with E-state index in [0.29, 0.717) is 5.82 Å². The lowest BCUT2D eigenvalue weighted by Crippen LogP contribution is -2.61. The molecule has 0 aromatic carbocycles. The van der Waals surface area contributed by atoms with Crippen LogP contribution < -0.4 is 0 Å². The Kier molecular flexibility index (Phi) is 6.49. The number of aliphatic hydroxyl groups is 3. The van der Waals surface area contributed by atoms with Gasteiger partial charge in [0.2, 0.25) is 0 Å². The predicted octanol–water partition coefficient (Wildman–Crippen LogP) is -1.38. The third kappa shape index (κ3) is 4.11. The van der Waals surface area contributed by atoms with Crippen LogP contribution in [0.3, 0.4) is 0 Å². The van der Waals surface area contributed by atoms with Gasteiger partial charge in [0.15, 0.2) is 18.2 Å². The van der Waals surface area contributed by atoms with Crippen LogP contribution in [0.25, 0.3) is 0 Å². The third-order valence-electron chi connectivity index (χ3n) is 3.92. The largest absolute Gasteiger partial charge is 0.479 e. The van der Waals surface area contributed by atoms with E-state index in [1.165, 1.54) is 11.5 Å². The molecule has 0 unspecified atom stereocenters. The number of imidazole rings is 1. The van der Waals surface area contributed by atoms with E-state index in [1.807, 2.05) is 0 Å². The molecule has 0 radical (unpaired) electrons. The average molecular weight is 396 g/mol. The summed E-state index contributed by atoms with van der Waals surface area (Å²) in [7, 11) is 0. The van der Waals surface area contributed by atoms with Crippen LogP contribution in [0.15, 0.2) is 6.20 Å². The second-order valence-corrected chi connectivity index (χ2v) is 5.99. The minimum absolute atomic E-state index is 0.130. The number of aliphatic hydroxyl groups excluding tert-OH is 3. The first-order chi connectivity index (χ1) is 12.2. The molecule has 1 aromatic rings. The van der Waals surface area contributed by atoms with Gasteiger partial charge in [-0.25, -0.2) is 14.3 Å². The van der Waals surface area contributed by atoms with E-state index in [1.54, 1.807) is 0 Å². The van der Waals surface area contributed by atoms with Gasteiger partial charge in [0, 0.05) is 6.92 Å². The summed E-state index contributed by atoms with van der Waals surface area (Å²) in [4.78, 5) is 25.3. The second-order valence-electron chi connectivity index (χ2n) is 5.68. The van der Waals surface area contributed by atoms with E-state index < -0.39 is 47.7 Å². The van der Waals surface area contributed by atoms with Crippen molar-refractivity contribution in [3.05, 3.63) is 22.1 Å². The zero-order chi connectivity index (χ0) is 19.6.